The van der Waals surface area contributed by atoms with E-state index in [9.17, 15) is 44.3 Å². The van der Waals surface area contributed by atoms with E-state index in [4.69, 9.17) is 4.74 Å². The van der Waals surface area contributed by atoms with Gasteiger partial charge in [0.25, 0.3) is 0 Å². The Morgan fingerprint density at radius 2 is 1.51 bits per heavy atom. The number of alkyl halides is 9. The molecule has 0 aromatic heterocycles. The maximum Gasteiger partial charge on any atom is 0.573 e. The second-order valence-corrected chi connectivity index (χ2v) is 7.63. The molecule has 1 amide bonds. The number of hydrogen-bond donors (Lipinski definition) is 1. The highest BCUT2D eigenvalue weighted by Crippen LogP contribution is 2.41. The van der Waals surface area contributed by atoms with Crippen LogP contribution in [0.15, 0.2) is 36.4 Å². The van der Waals surface area contributed by atoms with E-state index in [0.717, 1.165) is 17.0 Å². The van der Waals surface area contributed by atoms with Crippen molar-refractivity contribution in [2.45, 2.75) is 44.3 Å². The van der Waals surface area contributed by atoms with Gasteiger partial charge in [0.2, 0.25) is 0 Å². The van der Waals surface area contributed by atoms with Crippen molar-refractivity contribution < 1.29 is 53.8 Å². The standard InChI is InChI=1S/C21H17F9N2O3/c1-10-17(11-5-13(19(22,23)24)8-14(6-11)20(25,26)27)34-18(33)32(10)9-12-7-15(35-21(28,29)30)3-4-16(12)31-2/h3-8,10,17,31H,9H2,1-2H3/t10-,17-/m0/s1. The van der Waals surface area contributed by atoms with Crippen molar-refractivity contribution in [3.63, 3.8) is 0 Å². The van der Waals surface area contributed by atoms with Gasteiger partial charge in [-0.15, -0.1) is 13.2 Å². The van der Waals surface area contributed by atoms with Crippen LogP contribution < -0.4 is 10.1 Å². The van der Waals surface area contributed by atoms with Crippen LogP contribution in [0.1, 0.15) is 35.3 Å². The molecule has 0 unspecified atom stereocenters. The Morgan fingerprint density at radius 1 is 0.943 bits per heavy atom. The Bertz CT molecular complexity index is 1060. The summed E-state index contributed by atoms with van der Waals surface area (Å²) in [6.45, 7) is 0.963. The van der Waals surface area contributed by atoms with Gasteiger partial charge in [-0.2, -0.15) is 26.3 Å². The fourth-order valence-corrected chi connectivity index (χ4v) is 3.63. The summed E-state index contributed by atoms with van der Waals surface area (Å²) < 4.78 is 126. The Morgan fingerprint density at radius 3 is 2.00 bits per heavy atom. The van der Waals surface area contributed by atoms with Gasteiger partial charge >= 0.3 is 24.8 Å². The predicted octanol–water partition coefficient (Wildman–Crippen LogP) is 6.75. The van der Waals surface area contributed by atoms with Crippen LogP contribution in [0.25, 0.3) is 0 Å². The summed E-state index contributed by atoms with van der Waals surface area (Å²) in [4.78, 5) is 13.5. The highest BCUT2D eigenvalue weighted by atomic mass is 19.4. The highest BCUT2D eigenvalue weighted by molar-refractivity contribution is 5.71. The van der Waals surface area contributed by atoms with Crippen molar-refractivity contribution in [3.8, 4) is 5.75 Å². The Kier molecular flexibility index (Phi) is 6.79. The molecule has 192 valence electrons. The van der Waals surface area contributed by atoms with E-state index in [0.29, 0.717) is 17.8 Å². The van der Waals surface area contributed by atoms with Crippen LogP contribution in [-0.4, -0.2) is 30.4 Å². The van der Waals surface area contributed by atoms with Crippen molar-refractivity contribution in [1.82, 2.24) is 4.90 Å². The minimum Gasteiger partial charge on any atom is -0.439 e. The number of nitrogens with zero attached hydrogens (tertiary/aromatic N) is 1. The first-order valence-electron chi connectivity index (χ1n) is 9.82. The molecule has 5 nitrogen and oxygen atoms in total. The zero-order valence-corrected chi connectivity index (χ0v) is 17.9. The molecule has 14 heteroatoms. The zero-order chi connectivity index (χ0) is 26.3. The topological polar surface area (TPSA) is 50.8 Å². The Labute approximate surface area is 192 Å². The number of cyclic esters (lactones) is 1. The molecule has 2 atom stereocenters. The fourth-order valence-electron chi connectivity index (χ4n) is 3.63. The van der Waals surface area contributed by atoms with Gasteiger partial charge in [0.05, 0.1) is 23.7 Å². The number of halogens is 9. The summed E-state index contributed by atoms with van der Waals surface area (Å²) in [6, 6.07) is 3.09. The number of anilines is 1. The summed E-state index contributed by atoms with van der Waals surface area (Å²) in [7, 11) is 1.46. The number of benzene rings is 2. The monoisotopic (exact) mass is 516 g/mol. The largest absolute Gasteiger partial charge is 0.573 e. The van der Waals surface area contributed by atoms with Gasteiger partial charge in [0, 0.05) is 12.7 Å². The predicted molar refractivity (Wildman–Crippen MR) is 103 cm³/mol. The normalized spacial score (nSPS) is 19.1. The molecule has 1 aliphatic rings. The van der Waals surface area contributed by atoms with E-state index in [2.05, 4.69) is 10.1 Å². The van der Waals surface area contributed by atoms with Crippen molar-refractivity contribution in [1.29, 1.82) is 0 Å². The lowest BCUT2D eigenvalue weighted by Gasteiger charge is -2.23. The molecule has 1 N–H and O–H groups in total. The van der Waals surface area contributed by atoms with Crippen molar-refractivity contribution in [2.75, 3.05) is 12.4 Å². The van der Waals surface area contributed by atoms with Gasteiger partial charge < -0.3 is 14.8 Å². The molecule has 35 heavy (non-hydrogen) atoms. The molecule has 2 aromatic rings. The summed E-state index contributed by atoms with van der Waals surface area (Å²) in [5, 5.41) is 2.71. The summed E-state index contributed by atoms with van der Waals surface area (Å²) in [5.41, 5.74) is -3.23. The average molecular weight is 516 g/mol. The Hall–Kier alpha value is -3.32. The number of amides is 1. The van der Waals surface area contributed by atoms with Crippen LogP contribution in [0.2, 0.25) is 0 Å². The molecular weight excluding hydrogens is 499 g/mol. The van der Waals surface area contributed by atoms with Crippen molar-refractivity contribution in [3.05, 3.63) is 58.7 Å². The number of carbonyl (C=O) groups is 1. The van der Waals surface area contributed by atoms with Gasteiger partial charge in [0.1, 0.15) is 11.9 Å². The van der Waals surface area contributed by atoms with Gasteiger partial charge in [-0.1, -0.05) is 0 Å². The lowest BCUT2D eigenvalue weighted by atomic mass is 9.97. The number of hydrogen-bond acceptors (Lipinski definition) is 4. The molecular formula is C21H17F9N2O3. The zero-order valence-electron chi connectivity index (χ0n) is 17.9. The van der Waals surface area contributed by atoms with E-state index >= 15 is 0 Å². The van der Waals surface area contributed by atoms with Crippen LogP contribution in [0, 0.1) is 0 Å². The van der Waals surface area contributed by atoms with Gasteiger partial charge in [-0.3, -0.25) is 4.90 Å². The first-order valence-corrected chi connectivity index (χ1v) is 9.82. The fraction of sp³-hybridized carbons (Fsp3) is 0.381. The minimum absolute atomic E-state index is 0.0476. The molecule has 1 fully saturated rings. The van der Waals surface area contributed by atoms with Crippen molar-refractivity contribution in [2.24, 2.45) is 0 Å². The van der Waals surface area contributed by atoms with E-state index in [1.54, 1.807) is 0 Å². The second kappa shape index (κ2) is 9.04. The SMILES string of the molecule is CNc1ccc(OC(F)(F)F)cc1CN1C(=O)O[C@H](c2cc(C(F)(F)F)cc(C(F)(F)F)c2)[C@@H]1C. The number of rotatable bonds is 5. The molecule has 0 bridgehead atoms. The summed E-state index contributed by atoms with van der Waals surface area (Å²) >= 11 is 0. The van der Waals surface area contributed by atoms with Crippen molar-refractivity contribution >= 4 is 11.8 Å². The van der Waals surface area contributed by atoms with Gasteiger partial charge in [0.15, 0.2) is 0 Å². The van der Waals surface area contributed by atoms with Crippen LogP contribution in [-0.2, 0) is 23.6 Å². The first kappa shape index (κ1) is 26.3. The third-order valence-corrected chi connectivity index (χ3v) is 5.25. The van der Waals surface area contributed by atoms with E-state index in [-0.39, 0.29) is 18.2 Å². The number of ether oxygens (including phenoxy) is 2. The molecule has 1 saturated heterocycles. The smallest absolute Gasteiger partial charge is 0.439 e. The number of nitrogens with one attached hydrogen (secondary N) is 1. The van der Waals surface area contributed by atoms with Crippen LogP contribution >= 0.6 is 0 Å². The molecule has 0 spiro atoms. The molecule has 0 radical (unpaired) electrons. The molecule has 1 aliphatic heterocycles. The molecule has 3 rings (SSSR count). The quantitative estimate of drug-likeness (QED) is 0.447. The Balaban J connectivity index is 1.95. The van der Waals surface area contributed by atoms with E-state index in [1.807, 2.05) is 0 Å². The van der Waals surface area contributed by atoms with Crippen LogP contribution in [0.5, 0.6) is 5.75 Å². The maximum atomic E-state index is 13.2. The lowest BCUT2D eigenvalue weighted by Crippen LogP contribution is -2.31. The minimum atomic E-state index is -5.10. The highest BCUT2D eigenvalue weighted by Gasteiger charge is 2.43. The average Bonchev–Trinajstić information content (AvgIpc) is 2.99. The van der Waals surface area contributed by atoms with Crippen LogP contribution in [0.4, 0.5) is 50.0 Å². The summed E-state index contributed by atoms with van der Waals surface area (Å²) in [5.74, 6) is -0.587. The second-order valence-electron chi connectivity index (χ2n) is 7.63. The van der Waals surface area contributed by atoms with Gasteiger partial charge in [-0.05, 0) is 54.4 Å². The molecule has 0 saturated carbocycles. The van der Waals surface area contributed by atoms with Crippen LogP contribution in [0.3, 0.4) is 0 Å². The number of carbonyl (C=O) groups excluding carboxylic acids is 1. The maximum absolute atomic E-state index is 13.2. The lowest BCUT2D eigenvalue weighted by molar-refractivity contribution is -0.274. The first-order chi connectivity index (χ1) is 16.0. The van der Waals surface area contributed by atoms with E-state index < -0.39 is 59.4 Å². The third kappa shape index (κ3) is 6.03. The van der Waals surface area contributed by atoms with Gasteiger partial charge in [-0.25, -0.2) is 4.79 Å². The molecule has 1 heterocycles. The molecule has 0 aliphatic carbocycles. The van der Waals surface area contributed by atoms with E-state index in [1.165, 1.54) is 20.0 Å². The third-order valence-electron chi connectivity index (χ3n) is 5.25. The molecule has 2 aromatic carbocycles. The summed E-state index contributed by atoms with van der Waals surface area (Å²) in [6.07, 6.45) is -17.7.